The first-order chi connectivity index (χ1) is 9.74. The fourth-order valence-corrected chi connectivity index (χ4v) is 3.06. The number of para-hydroxylation sites is 1. The van der Waals surface area contributed by atoms with Crippen molar-refractivity contribution in [2.45, 2.75) is 38.1 Å². The molecule has 2 aromatic rings. The molecule has 1 aromatic carbocycles. The van der Waals surface area contributed by atoms with Gasteiger partial charge in [-0.25, -0.2) is 4.98 Å². The molecule has 1 aliphatic rings. The Morgan fingerprint density at radius 3 is 2.85 bits per heavy atom. The average molecular weight is 271 g/mol. The highest BCUT2D eigenvalue weighted by atomic mass is 16.1. The van der Waals surface area contributed by atoms with Gasteiger partial charge in [0.25, 0.3) is 5.56 Å². The molecule has 1 heterocycles. The highest BCUT2D eigenvalue weighted by molar-refractivity contribution is 5.77. The Kier molecular flexibility index (Phi) is 3.83. The predicted molar refractivity (Wildman–Crippen MR) is 81.0 cm³/mol. The second-order valence-electron chi connectivity index (χ2n) is 5.70. The lowest BCUT2D eigenvalue weighted by Gasteiger charge is -2.23. The Bertz CT molecular complexity index is 643. The van der Waals surface area contributed by atoms with Crippen LogP contribution in [0.25, 0.3) is 10.9 Å². The third-order valence-electron chi connectivity index (χ3n) is 4.31. The number of benzene rings is 1. The summed E-state index contributed by atoms with van der Waals surface area (Å²) in [6.45, 7) is 0.950. The van der Waals surface area contributed by atoms with Crippen LogP contribution in [-0.2, 0) is 6.42 Å². The number of nitrogens with one attached hydrogen (secondary N) is 1. The summed E-state index contributed by atoms with van der Waals surface area (Å²) in [5.41, 5.74) is 0.754. The lowest BCUT2D eigenvalue weighted by molar-refractivity contribution is 0.247. The van der Waals surface area contributed by atoms with E-state index in [2.05, 4.69) is 21.9 Å². The number of aromatic amines is 1. The SMILES string of the molecule is CN(CCc1nc2ccccc2c(=O)[nH]1)C1CCCC1. The van der Waals surface area contributed by atoms with E-state index in [0.717, 1.165) is 24.3 Å². The van der Waals surface area contributed by atoms with Crippen LogP contribution < -0.4 is 5.56 Å². The monoisotopic (exact) mass is 271 g/mol. The van der Waals surface area contributed by atoms with Gasteiger partial charge < -0.3 is 9.88 Å². The Balaban J connectivity index is 1.72. The second kappa shape index (κ2) is 5.75. The van der Waals surface area contributed by atoms with Crippen molar-refractivity contribution in [1.29, 1.82) is 0 Å². The van der Waals surface area contributed by atoms with Crippen LogP contribution in [0, 0.1) is 0 Å². The number of aromatic nitrogens is 2. The molecule has 4 heteroatoms. The molecular formula is C16H21N3O. The molecule has 0 unspecified atom stereocenters. The molecule has 0 saturated heterocycles. The Hall–Kier alpha value is -1.68. The second-order valence-corrected chi connectivity index (χ2v) is 5.70. The number of likely N-dealkylation sites (N-methyl/N-ethyl adjacent to an activating group) is 1. The van der Waals surface area contributed by atoms with Crippen molar-refractivity contribution in [3.63, 3.8) is 0 Å². The van der Waals surface area contributed by atoms with Gasteiger partial charge in [0.2, 0.25) is 0 Å². The normalized spacial score (nSPS) is 16.3. The van der Waals surface area contributed by atoms with Gasteiger partial charge in [-0.3, -0.25) is 4.79 Å². The molecule has 1 N–H and O–H groups in total. The molecule has 0 amide bonds. The van der Waals surface area contributed by atoms with E-state index in [1.54, 1.807) is 0 Å². The van der Waals surface area contributed by atoms with Crippen molar-refractivity contribution >= 4 is 10.9 Å². The molecule has 0 radical (unpaired) electrons. The zero-order valence-electron chi connectivity index (χ0n) is 11.9. The minimum absolute atomic E-state index is 0.0332. The van der Waals surface area contributed by atoms with E-state index in [-0.39, 0.29) is 5.56 Å². The van der Waals surface area contributed by atoms with Gasteiger partial charge in [-0.15, -0.1) is 0 Å². The standard InChI is InChI=1S/C16H21N3O/c1-19(12-6-2-3-7-12)11-10-15-17-14-9-5-4-8-13(14)16(20)18-15/h4-5,8-9,12H,2-3,6-7,10-11H2,1H3,(H,17,18,20). The van der Waals surface area contributed by atoms with Crippen LogP contribution in [-0.4, -0.2) is 34.5 Å². The summed E-state index contributed by atoms with van der Waals surface area (Å²) in [5.74, 6) is 0.790. The van der Waals surface area contributed by atoms with E-state index >= 15 is 0 Å². The van der Waals surface area contributed by atoms with Crippen molar-refractivity contribution in [3.05, 3.63) is 40.4 Å². The van der Waals surface area contributed by atoms with E-state index in [1.165, 1.54) is 25.7 Å². The molecule has 0 bridgehead atoms. The highest BCUT2D eigenvalue weighted by Crippen LogP contribution is 2.22. The maximum Gasteiger partial charge on any atom is 0.258 e. The average Bonchev–Trinajstić information content (AvgIpc) is 2.99. The maximum absolute atomic E-state index is 12.0. The highest BCUT2D eigenvalue weighted by Gasteiger charge is 2.19. The summed E-state index contributed by atoms with van der Waals surface area (Å²) in [7, 11) is 2.18. The van der Waals surface area contributed by atoms with Crippen LogP contribution in [0.2, 0.25) is 0 Å². The molecule has 0 atom stereocenters. The predicted octanol–water partition coefficient (Wildman–Crippen LogP) is 2.34. The summed E-state index contributed by atoms with van der Waals surface area (Å²) in [5, 5.41) is 0.667. The summed E-state index contributed by atoms with van der Waals surface area (Å²) >= 11 is 0. The van der Waals surface area contributed by atoms with Gasteiger partial charge in [-0.2, -0.15) is 0 Å². The topological polar surface area (TPSA) is 49.0 Å². The van der Waals surface area contributed by atoms with Crippen LogP contribution in [0.4, 0.5) is 0 Å². The Morgan fingerprint density at radius 2 is 2.05 bits per heavy atom. The maximum atomic E-state index is 12.0. The molecule has 1 saturated carbocycles. The Labute approximate surface area is 118 Å². The van der Waals surface area contributed by atoms with Crippen LogP contribution in [0.3, 0.4) is 0 Å². The summed E-state index contributed by atoms with van der Waals surface area (Å²) < 4.78 is 0. The number of rotatable bonds is 4. The first-order valence-electron chi connectivity index (χ1n) is 7.42. The fourth-order valence-electron chi connectivity index (χ4n) is 3.06. The Morgan fingerprint density at radius 1 is 1.30 bits per heavy atom. The van der Waals surface area contributed by atoms with Gasteiger partial charge in [-0.05, 0) is 32.0 Å². The zero-order chi connectivity index (χ0) is 13.9. The van der Waals surface area contributed by atoms with Crippen LogP contribution >= 0.6 is 0 Å². The largest absolute Gasteiger partial charge is 0.310 e. The molecule has 0 aliphatic heterocycles. The van der Waals surface area contributed by atoms with Crippen LogP contribution in [0.15, 0.2) is 29.1 Å². The number of nitrogens with zero attached hydrogens (tertiary/aromatic N) is 2. The lowest BCUT2D eigenvalue weighted by Crippen LogP contribution is -2.31. The van der Waals surface area contributed by atoms with Crippen molar-refractivity contribution in [3.8, 4) is 0 Å². The third kappa shape index (κ3) is 2.75. The molecular weight excluding hydrogens is 250 g/mol. The number of H-pyrrole nitrogens is 1. The molecule has 1 aromatic heterocycles. The quantitative estimate of drug-likeness (QED) is 0.928. The molecule has 4 nitrogen and oxygen atoms in total. The molecule has 20 heavy (non-hydrogen) atoms. The van der Waals surface area contributed by atoms with E-state index in [1.807, 2.05) is 24.3 Å². The molecule has 106 valence electrons. The van der Waals surface area contributed by atoms with Gasteiger partial charge in [-0.1, -0.05) is 25.0 Å². The van der Waals surface area contributed by atoms with Crippen molar-refractivity contribution in [2.75, 3.05) is 13.6 Å². The minimum atomic E-state index is -0.0332. The van der Waals surface area contributed by atoms with E-state index in [9.17, 15) is 4.79 Å². The fraction of sp³-hybridized carbons (Fsp3) is 0.500. The van der Waals surface area contributed by atoms with Gasteiger partial charge in [0.05, 0.1) is 10.9 Å². The van der Waals surface area contributed by atoms with Crippen molar-refractivity contribution < 1.29 is 0 Å². The molecule has 3 rings (SSSR count). The number of hydrogen-bond acceptors (Lipinski definition) is 3. The smallest absolute Gasteiger partial charge is 0.258 e. The van der Waals surface area contributed by atoms with Crippen molar-refractivity contribution in [1.82, 2.24) is 14.9 Å². The van der Waals surface area contributed by atoms with Crippen molar-refractivity contribution in [2.24, 2.45) is 0 Å². The first kappa shape index (κ1) is 13.3. The van der Waals surface area contributed by atoms with Gasteiger partial charge >= 0.3 is 0 Å². The van der Waals surface area contributed by atoms with Gasteiger partial charge in [0.1, 0.15) is 5.82 Å². The van der Waals surface area contributed by atoms with Gasteiger partial charge in [0.15, 0.2) is 0 Å². The van der Waals surface area contributed by atoms with Gasteiger partial charge in [0, 0.05) is 19.0 Å². The van der Waals surface area contributed by atoms with Crippen LogP contribution in [0.5, 0.6) is 0 Å². The minimum Gasteiger partial charge on any atom is -0.310 e. The van der Waals surface area contributed by atoms with E-state index in [0.29, 0.717) is 11.4 Å². The first-order valence-corrected chi connectivity index (χ1v) is 7.42. The summed E-state index contributed by atoms with van der Waals surface area (Å²) in [6, 6.07) is 8.21. The van der Waals surface area contributed by atoms with E-state index < -0.39 is 0 Å². The van der Waals surface area contributed by atoms with E-state index in [4.69, 9.17) is 0 Å². The molecule has 0 spiro atoms. The lowest BCUT2D eigenvalue weighted by atomic mass is 10.2. The number of hydrogen-bond donors (Lipinski definition) is 1. The summed E-state index contributed by atoms with van der Waals surface area (Å²) in [6.07, 6.45) is 6.10. The third-order valence-corrected chi connectivity index (χ3v) is 4.31. The number of fused-ring (bicyclic) bond motifs is 1. The molecule has 1 fully saturated rings. The summed E-state index contributed by atoms with van der Waals surface area (Å²) in [4.78, 5) is 21.9. The molecule has 1 aliphatic carbocycles. The van der Waals surface area contributed by atoms with Crippen LogP contribution in [0.1, 0.15) is 31.5 Å². The zero-order valence-corrected chi connectivity index (χ0v) is 11.9.